The fourth-order valence-corrected chi connectivity index (χ4v) is 2.87. The molecule has 0 fully saturated rings. The molecule has 5 nitrogen and oxygen atoms in total. The number of alkyl halides is 3. The molecule has 1 amide bonds. The fraction of sp³-hybridized carbons (Fsp3) is 0.364. The molecule has 1 rings (SSSR count). The number of hydrogen-bond acceptors (Lipinski definition) is 4. The molecule has 21 heavy (non-hydrogen) atoms. The van der Waals surface area contributed by atoms with Gasteiger partial charge in [-0.3, -0.25) is 4.79 Å². The van der Waals surface area contributed by atoms with E-state index in [0.29, 0.717) is 11.1 Å². The largest absolute Gasteiger partial charge is 0.417 e. The van der Waals surface area contributed by atoms with Crippen LogP contribution in [0.25, 0.3) is 0 Å². The molecule has 10 heteroatoms. The molecule has 0 N–H and O–H groups in total. The van der Waals surface area contributed by atoms with Crippen LogP contribution in [-0.2, 0) is 25.4 Å². The van der Waals surface area contributed by atoms with E-state index < -0.39 is 32.7 Å². The van der Waals surface area contributed by atoms with Crippen molar-refractivity contribution in [1.29, 1.82) is 0 Å². The van der Waals surface area contributed by atoms with Crippen molar-refractivity contribution in [3.8, 4) is 0 Å². The molecule has 118 valence electrons. The highest BCUT2D eigenvalue weighted by Gasteiger charge is 2.35. The van der Waals surface area contributed by atoms with Gasteiger partial charge in [0.05, 0.1) is 10.5 Å². The average molecular weight is 390 g/mol. The Labute approximate surface area is 127 Å². The minimum absolute atomic E-state index is 0.0722. The normalized spacial score (nSPS) is 12.3. The molecule has 0 saturated heterocycles. The summed E-state index contributed by atoms with van der Waals surface area (Å²) in [6, 6.07) is 2.33. The van der Waals surface area contributed by atoms with Crippen LogP contribution in [0.2, 0.25) is 0 Å². The highest BCUT2D eigenvalue weighted by molar-refractivity contribution is 9.10. The van der Waals surface area contributed by atoms with Gasteiger partial charge in [-0.15, -0.1) is 4.28 Å². The van der Waals surface area contributed by atoms with Gasteiger partial charge in [0, 0.05) is 17.9 Å². The van der Waals surface area contributed by atoms with Crippen LogP contribution in [0.3, 0.4) is 0 Å². The SMILES string of the molecule is CCN(OS(=O)(=O)c1ccc(Br)c(C(F)(F)F)c1)C(C)=O. The molecule has 0 atom stereocenters. The third kappa shape index (κ3) is 4.42. The number of benzene rings is 1. The van der Waals surface area contributed by atoms with Crippen molar-refractivity contribution in [3.63, 3.8) is 0 Å². The first kappa shape index (κ1) is 17.9. The van der Waals surface area contributed by atoms with Crippen molar-refractivity contribution in [3.05, 3.63) is 28.2 Å². The lowest BCUT2D eigenvalue weighted by atomic mass is 10.2. The summed E-state index contributed by atoms with van der Waals surface area (Å²) in [5, 5.41) is 0.532. The topological polar surface area (TPSA) is 63.7 Å². The Bertz CT molecular complexity index is 645. The van der Waals surface area contributed by atoms with E-state index in [0.717, 1.165) is 19.1 Å². The number of hydrogen-bond donors (Lipinski definition) is 0. The lowest BCUT2D eigenvalue weighted by Crippen LogP contribution is -2.31. The summed E-state index contributed by atoms with van der Waals surface area (Å²) in [5.41, 5.74) is -1.15. The van der Waals surface area contributed by atoms with E-state index in [1.54, 1.807) is 0 Å². The van der Waals surface area contributed by atoms with Crippen LogP contribution in [0.5, 0.6) is 0 Å². The Morgan fingerprint density at radius 3 is 2.38 bits per heavy atom. The Kier molecular flexibility index (Phi) is 5.40. The second-order valence-electron chi connectivity index (χ2n) is 3.88. The van der Waals surface area contributed by atoms with Crippen LogP contribution in [-0.4, -0.2) is 25.9 Å². The second-order valence-corrected chi connectivity index (χ2v) is 6.26. The quantitative estimate of drug-likeness (QED) is 0.742. The lowest BCUT2D eigenvalue weighted by molar-refractivity contribution is -0.153. The number of rotatable bonds is 4. The predicted octanol–water partition coefficient (Wildman–Crippen LogP) is 2.96. The third-order valence-corrected chi connectivity index (χ3v) is 4.26. The number of hydroxylamine groups is 2. The van der Waals surface area contributed by atoms with Gasteiger partial charge in [-0.25, -0.2) is 5.06 Å². The van der Waals surface area contributed by atoms with Gasteiger partial charge in [0.1, 0.15) is 0 Å². The molecule has 0 aliphatic rings. The van der Waals surface area contributed by atoms with E-state index >= 15 is 0 Å². The van der Waals surface area contributed by atoms with Crippen molar-refractivity contribution in [2.24, 2.45) is 0 Å². The molecule has 0 spiro atoms. The van der Waals surface area contributed by atoms with Crippen LogP contribution in [0.1, 0.15) is 19.4 Å². The molecule has 0 unspecified atom stereocenters. The van der Waals surface area contributed by atoms with Crippen molar-refractivity contribution < 1.29 is 30.7 Å². The van der Waals surface area contributed by atoms with Gasteiger partial charge in [0.15, 0.2) is 0 Å². The molecular formula is C11H11BrF3NO4S. The molecule has 0 aromatic heterocycles. The molecule has 0 saturated carbocycles. The third-order valence-electron chi connectivity index (χ3n) is 2.36. The van der Waals surface area contributed by atoms with Gasteiger partial charge in [-0.1, -0.05) is 15.9 Å². The summed E-state index contributed by atoms with van der Waals surface area (Å²) in [4.78, 5) is 10.4. The van der Waals surface area contributed by atoms with Crippen molar-refractivity contribution in [2.75, 3.05) is 6.54 Å². The van der Waals surface area contributed by atoms with Crippen LogP contribution >= 0.6 is 15.9 Å². The maximum atomic E-state index is 12.7. The van der Waals surface area contributed by atoms with Crippen LogP contribution < -0.4 is 0 Å². The smallest absolute Gasteiger partial charge is 0.273 e. The Morgan fingerprint density at radius 1 is 1.38 bits per heavy atom. The highest BCUT2D eigenvalue weighted by atomic mass is 79.9. The number of nitrogens with zero attached hydrogens (tertiary/aromatic N) is 1. The fourth-order valence-electron chi connectivity index (χ4n) is 1.37. The Morgan fingerprint density at radius 2 is 1.95 bits per heavy atom. The van der Waals surface area contributed by atoms with Gasteiger partial charge in [0.25, 0.3) is 0 Å². The average Bonchev–Trinajstić information content (AvgIpc) is 2.34. The van der Waals surface area contributed by atoms with E-state index in [-0.39, 0.29) is 11.0 Å². The second kappa shape index (κ2) is 6.32. The monoisotopic (exact) mass is 389 g/mol. The molecule has 0 heterocycles. The van der Waals surface area contributed by atoms with Gasteiger partial charge in [0.2, 0.25) is 5.91 Å². The van der Waals surface area contributed by atoms with Crippen LogP contribution in [0.4, 0.5) is 13.2 Å². The van der Waals surface area contributed by atoms with Crippen LogP contribution in [0, 0.1) is 0 Å². The molecular weight excluding hydrogens is 379 g/mol. The number of amides is 1. The van der Waals surface area contributed by atoms with Gasteiger partial charge in [-0.05, 0) is 25.1 Å². The summed E-state index contributed by atoms with van der Waals surface area (Å²) in [7, 11) is -4.53. The standard InChI is InChI=1S/C11H11BrF3NO4S/c1-3-16(7(2)17)20-21(18,19)8-4-5-10(12)9(6-8)11(13,14)15/h4-6H,3H2,1-2H3. The Hall–Kier alpha value is -1.13. The number of carbonyl (C=O) groups excluding carboxylic acids is 1. The zero-order valence-corrected chi connectivity index (χ0v) is 13.3. The van der Waals surface area contributed by atoms with Gasteiger partial charge in [-0.2, -0.15) is 21.6 Å². The Balaban J connectivity index is 3.24. The number of halogens is 4. The summed E-state index contributed by atoms with van der Waals surface area (Å²) in [5.74, 6) is -0.686. The van der Waals surface area contributed by atoms with E-state index in [9.17, 15) is 26.4 Å². The summed E-state index contributed by atoms with van der Waals surface area (Å²) in [6.45, 7) is 2.46. The first-order valence-corrected chi connectivity index (χ1v) is 7.78. The van der Waals surface area contributed by atoms with E-state index in [1.165, 1.54) is 6.92 Å². The maximum absolute atomic E-state index is 12.7. The zero-order valence-electron chi connectivity index (χ0n) is 10.9. The number of carbonyl (C=O) groups is 1. The minimum atomic E-state index is -4.73. The first-order chi connectivity index (χ1) is 9.49. The van der Waals surface area contributed by atoms with Gasteiger partial charge >= 0.3 is 16.3 Å². The van der Waals surface area contributed by atoms with Crippen molar-refractivity contribution in [2.45, 2.75) is 24.9 Å². The molecule has 1 aromatic carbocycles. The van der Waals surface area contributed by atoms with Crippen molar-refractivity contribution in [1.82, 2.24) is 5.06 Å². The van der Waals surface area contributed by atoms with E-state index in [2.05, 4.69) is 20.2 Å². The molecule has 0 aliphatic heterocycles. The summed E-state index contributed by atoms with van der Waals surface area (Å²) in [6.07, 6.45) is -4.73. The van der Waals surface area contributed by atoms with Gasteiger partial charge < -0.3 is 0 Å². The molecule has 0 bridgehead atoms. The summed E-state index contributed by atoms with van der Waals surface area (Å²) >= 11 is 2.70. The van der Waals surface area contributed by atoms with E-state index in [1.807, 2.05) is 0 Å². The first-order valence-electron chi connectivity index (χ1n) is 5.58. The zero-order chi connectivity index (χ0) is 16.4. The molecule has 0 aliphatic carbocycles. The van der Waals surface area contributed by atoms with E-state index in [4.69, 9.17) is 0 Å². The predicted molar refractivity (Wildman–Crippen MR) is 70.5 cm³/mol. The highest BCUT2D eigenvalue weighted by Crippen LogP contribution is 2.36. The maximum Gasteiger partial charge on any atom is 0.417 e. The van der Waals surface area contributed by atoms with Crippen LogP contribution in [0.15, 0.2) is 27.6 Å². The van der Waals surface area contributed by atoms with Crippen molar-refractivity contribution >= 4 is 32.0 Å². The minimum Gasteiger partial charge on any atom is -0.273 e. The lowest BCUT2D eigenvalue weighted by Gasteiger charge is -2.18. The summed E-state index contributed by atoms with van der Waals surface area (Å²) < 4.78 is 66.2. The molecule has 1 aromatic rings. The molecule has 0 radical (unpaired) electrons.